The molecule has 0 spiro atoms. The first-order valence-corrected chi connectivity index (χ1v) is 20.8. The van der Waals surface area contributed by atoms with Crippen LogP contribution in [0.2, 0.25) is 0 Å². The lowest BCUT2D eigenvalue weighted by Crippen LogP contribution is -2.59. The number of ether oxygens (including phenoxy) is 4. The van der Waals surface area contributed by atoms with Gasteiger partial charge in [0.2, 0.25) is 27.7 Å². The van der Waals surface area contributed by atoms with Gasteiger partial charge in [0.05, 0.1) is 11.8 Å². The molecule has 2 aliphatic carbocycles. The predicted octanol–water partition coefficient (Wildman–Crippen LogP) is 3.74. The number of amides is 4. The molecule has 3 N–H and O–H groups in total. The molecule has 0 unspecified atom stereocenters. The Bertz CT molecular complexity index is 2000. The van der Waals surface area contributed by atoms with Crippen LogP contribution >= 0.6 is 0 Å². The Kier molecular flexibility index (Phi) is 10.4. The number of fused-ring (bicyclic) bond motifs is 5. The zero-order valence-corrected chi connectivity index (χ0v) is 32.8. The molecule has 3 aliphatic heterocycles. The third-order valence-electron chi connectivity index (χ3n) is 11.0. The zero-order chi connectivity index (χ0) is 39.3. The molecule has 4 amide bonds. The van der Waals surface area contributed by atoms with E-state index in [1.165, 1.54) is 4.90 Å². The molecule has 2 aromatic rings. The van der Waals surface area contributed by atoms with Crippen molar-refractivity contribution in [3.05, 3.63) is 36.5 Å². The van der Waals surface area contributed by atoms with E-state index in [1.54, 1.807) is 39.1 Å². The van der Waals surface area contributed by atoms with E-state index in [1.807, 2.05) is 25.1 Å². The van der Waals surface area contributed by atoms with Crippen molar-refractivity contribution in [1.29, 1.82) is 0 Å². The number of allylic oxidation sites excluding steroid dienone is 1. The van der Waals surface area contributed by atoms with E-state index in [0.717, 1.165) is 11.8 Å². The normalized spacial score (nSPS) is 30.5. The summed E-state index contributed by atoms with van der Waals surface area (Å²) in [5, 5.41) is 6.45. The number of hydrogen-bond acceptors (Lipinski definition) is 11. The zero-order valence-electron chi connectivity index (χ0n) is 32.0. The number of benzene rings is 1. The predicted molar refractivity (Wildman–Crippen MR) is 201 cm³/mol. The van der Waals surface area contributed by atoms with Crippen molar-refractivity contribution < 1.29 is 46.5 Å². The number of sulfonamides is 1. The van der Waals surface area contributed by atoms with Gasteiger partial charge in [0.1, 0.15) is 42.5 Å². The number of alkyl carbamates (subject to hydrolysis) is 1. The second-order valence-corrected chi connectivity index (χ2v) is 18.6. The van der Waals surface area contributed by atoms with Crippen LogP contribution in [0.25, 0.3) is 10.8 Å². The lowest BCUT2D eigenvalue weighted by atomic mass is 9.88. The van der Waals surface area contributed by atoms with Crippen LogP contribution in [0.4, 0.5) is 4.79 Å². The second kappa shape index (κ2) is 14.8. The van der Waals surface area contributed by atoms with Crippen LogP contribution in [0.5, 0.6) is 17.4 Å². The molecule has 1 saturated heterocycles. The summed E-state index contributed by atoms with van der Waals surface area (Å²) in [6.07, 6.45) is 7.13. The lowest BCUT2D eigenvalue weighted by Gasteiger charge is -2.33. The third kappa shape index (κ3) is 8.33. The summed E-state index contributed by atoms with van der Waals surface area (Å²) >= 11 is 0. The van der Waals surface area contributed by atoms with Gasteiger partial charge in [0.25, 0.3) is 5.91 Å². The summed E-state index contributed by atoms with van der Waals surface area (Å²) in [6, 6.07) is 3.21. The molecule has 2 saturated carbocycles. The molecular weight excluding hydrogens is 731 g/mol. The van der Waals surface area contributed by atoms with E-state index in [0.29, 0.717) is 55.8 Å². The summed E-state index contributed by atoms with van der Waals surface area (Å²) in [7, 11) is -3.90. The fourth-order valence-electron chi connectivity index (χ4n) is 7.92. The maximum atomic E-state index is 14.8. The van der Waals surface area contributed by atoms with Crippen molar-refractivity contribution in [2.45, 2.75) is 114 Å². The summed E-state index contributed by atoms with van der Waals surface area (Å²) in [5.41, 5.74) is -2.34. The summed E-state index contributed by atoms with van der Waals surface area (Å²) < 4.78 is 51.7. The van der Waals surface area contributed by atoms with Crippen LogP contribution in [0.3, 0.4) is 0 Å². The third-order valence-corrected chi connectivity index (χ3v) is 12.8. The fraction of sp³-hybridized carbons (Fsp3) is 0.615. The standard InChI is InChI=1S/C39H51N5O10S/c1-22-8-6-7-9-24-20-39(24,36(47)43-55(49,50)26-10-11-26)42-33(45)29-19-25(21-44(29)35(46)31(23(2)18-22)41-37(48)54-38(3,4)5)53-34-28-12-13-30-32(52-17-16-51-30)27(28)14-15-40-34/h7,9,12-15,22-26,29,31H,6,8,10-11,16-21H2,1-5H3,(H,41,48)(H,42,45)(H,43,47)/b9-7-/t22-,23-,24-,25-,29+,31+,39-/m1/s1. The minimum absolute atomic E-state index is 0.0305. The largest absolute Gasteiger partial charge is 0.486 e. The van der Waals surface area contributed by atoms with Crippen LogP contribution in [0, 0.1) is 17.8 Å². The number of pyridine rings is 1. The van der Waals surface area contributed by atoms with Crippen molar-refractivity contribution in [2.24, 2.45) is 17.8 Å². The minimum atomic E-state index is -3.90. The van der Waals surface area contributed by atoms with Crippen molar-refractivity contribution in [3.63, 3.8) is 0 Å². The van der Waals surface area contributed by atoms with Gasteiger partial charge in [0, 0.05) is 29.3 Å². The van der Waals surface area contributed by atoms with E-state index in [9.17, 15) is 27.6 Å². The molecule has 4 heterocycles. The highest BCUT2D eigenvalue weighted by molar-refractivity contribution is 7.91. The number of aromatic nitrogens is 1. The fourth-order valence-corrected chi connectivity index (χ4v) is 9.29. The number of nitrogens with one attached hydrogen (secondary N) is 3. The molecule has 3 fully saturated rings. The van der Waals surface area contributed by atoms with Gasteiger partial charge < -0.3 is 34.5 Å². The average Bonchev–Trinajstić information content (AvgIpc) is 4.05. The average molecular weight is 782 g/mol. The maximum absolute atomic E-state index is 14.8. The van der Waals surface area contributed by atoms with Crippen molar-refractivity contribution >= 4 is 44.6 Å². The lowest BCUT2D eigenvalue weighted by molar-refractivity contribution is -0.142. The molecule has 1 aromatic heterocycles. The molecule has 7 atom stereocenters. The Balaban J connectivity index is 1.22. The smallest absolute Gasteiger partial charge is 0.408 e. The van der Waals surface area contributed by atoms with Crippen molar-refractivity contribution in [1.82, 2.24) is 25.2 Å². The van der Waals surface area contributed by atoms with Crippen molar-refractivity contribution in [3.8, 4) is 17.4 Å². The van der Waals surface area contributed by atoms with Gasteiger partial charge in [-0.25, -0.2) is 18.2 Å². The molecule has 1 aromatic carbocycles. The highest BCUT2D eigenvalue weighted by atomic mass is 32.2. The number of carbonyl (C=O) groups excluding carboxylic acids is 4. The van der Waals surface area contributed by atoms with E-state index < -0.39 is 74.3 Å². The first-order valence-electron chi connectivity index (χ1n) is 19.2. The summed E-state index contributed by atoms with van der Waals surface area (Å²) in [6.45, 7) is 9.95. The highest BCUT2D eigenvalue weighted by Crippen LogP contribution is 2.46. The maximum Gasteiger partial charge on any atom is 0.408 e. The molecule has 15 nitrogen and oxygen atoms in total. The van der Waals surface area contributed by atoms with Crippen LogP contribution < -0.4 is 29.6 Å². The van der Waals surface area contributed by atoms with E-state index in [-0.39, 0.29) is 37.1 Å². The van der Waals surface area contributed by atoms with E-state index in [2.05, 4.69) is 27.3 Å². The number of carbonyl (C=O) groups is 4. The molecule has 7 rings (SSSR count). The summed E-state index contributed by atoms with van der Waals surface area (Å²) in [5.74, 6) is -1.12. The topological polar surface area (TPSA) is 192 Å². The molecule has 5 aliphatic rings. The molecular formula is C39H51N5O10S. The number of hydrogen-bond donors (Lipinski definition) is 3. The van der Waals surface area contributed by atoms with Gasteiger partial charge in [-0.1, -0.05) is 26.0 Å². The Hall–Kier alpha value is -4.60. The van der Waals surface area contributed by atoms with Gasteiger partial charge in [-0.05, 0) is 89.3 Å². The van der Waals surface area contributed by atoms with Gasteiger partial charge in [-0.2, -0.15) is 0 Å². The van der Waals surface area contributed by atoms with Crippen LogP contribution in [-0.2, 0) is 29.1 Å². The van der Waals surface area contributed by atoms with E-state index >= 15 is 0 Å². The Morgan fingerprint density at radius 1 is 1.04 bits per heavy atom. The van der Waals surface area contributed by atoms with E-state index in [4.69, 9.17) is 18.9 Å². The van der Waals surface area contributed by atoms with Gasteiger partial charge in [-0.3, -0.25) is 19.1 Å². The van der Waals surface area contributed by atoms with Crippen LogP contribution in [0.15, 0.2) is 36.5 Å². The quantitative estimate of drug-likeness (QED) is 0.362. The first kappa shape index (κ1) is 38.7. The summed E-state index contributed by atoms with van der Waals surface area (Å²) in [4.78, 5) is 62.1. The minimum Gasteiger partial charge on any atom is -0.486 e. The Labute approximate surface area is 321 Å². The van der Waals surface area contributed by atoms with Gasteiger partial charge in [-0.15, -0.1) is 0 Å². The monoisotopic (exact) mass is 781 g/mol. The highest BCUT2D eigenvalue weighted by Gasteiger charge is 2.62. The number of rotatable bonds is 6. The molecule has 298 valence electrons. The van der Waals surface area contributed by atoms with Crippen LogP contribution in [-0.4, -0.2) is 96.5 Å². The number of nitrogens with zero attached hydrogens (tertiary/aromatic N) is 2. The van der Waals surface area contributed by atoms with Gasteiger partial charge >= 0.3 is 6.09 Å². The SMILES string of the molecule is C[C@@H]1CC/C=C\[C@@H]2C[C@@]2(C(=O)NS(=O)(=O)C2CC2)NC(=O)[C@@H]2C[C@@H](Oc3nccc4c5c(ccc34)OCCO5)CN2C(=O)[C@@H](NC(=O)OC(C)(C)C)[C@H](C)C1. The molecule has 0 radical (unpaired) electrons. The van der Waals surface area contributed by atoms with Gasteiger partial charge in [0.15, 0.2) is 11.5 Å². The molecule has 16 heteroatoms. The van der Waals surface area contributed by atoms with Crippen molar-refractivity contribution in [2.75, 3.05) is 19.8 Å². The molecule has 0 bridgehead atoms. The van der Waals surface area contributed by atoms with Crippen LogP contribution in [0.1, 0.15) is 79.6 Å². The second-order valence-electron chi connectivity index (χ2n) is 16.7. The molecule has 55 heavy (non-hydrogen) atoms. The Morgan fingerprint density at radius 3 is 2.55 bits per heavy atom. The Morgan fingerprint density at radius 2 is 1.80 bits per heavy atom. The first-order chi connectivity index (χ1) is 26.0.